The van der Waals surface area contributed by atoms with Crippen LogP contribution in [0.5, 0.6) is 0 Å². The minimum absolute atomic E-state index is 0.129. The first-order chi connectivity index (χ1) is 6.24. The molecule has 0 N–H and O–H groups in total. The normalized spacial score (nSPS) is 23.8. The van der Waals surface area contributed by atoms with Crippen molar-refractivity contribution in [2.45, 2.75) is 18.9 Å². The van der Waals surface area contributed by atoms with Crippen molar-refractivity contribution >= 4 is 5.78 Å². The summed E-state index contributed by atoms with van der Waals surface area (Å²) in [6, 6.07) is 0. The van der Waals surface area contributed by atoms with E-state index in [1.807, 2.05) is 7.05 Å². The third kappa shape index (κ3) is 3.17. The fourth-order valence-corrected chi connectivity index (χ4v) is 1.33. The van der Waals surface area contributed by atoms with Gasteiger partial charge in [-0.15, -0.1) is 12.3 Å². The van der Waals surface area contributed by atoms with Gasteiger partial charge in [0.25, 0.3) is 0 Å². The quantitative estimate of drug-likeness (QED) is 0.586. The van der Waals surface area contributed by atoms with E-state index in [1.54, 1.807) is 0 Å². The summed E-state index contributed by atoms with van der Waals surface area (Å²) in [7, 11) is 1.99. The second-order valence-electron chi connectivity index (χ2n) is 3.29. The average molecular weight is 181 g/mol. The summed E-state index contributed by atoms with van der Waals surface area (Å²) in [6.07, 6.45) is 5.78. The molecule has 13 heavy (non-hydrogen) atoms. The lowest BCUT2D eigenvalue weighted by atomic mass is 10.1. The molecule has 0 aromatic carbocycles. The number of carbonyl (C=O) groups is 1. The number of ether oxygens (including phenoxy) is 1. The molecule has 0 radical (unpaired) electrons. The Bertz CT molecular complexity index is 219. The van der Waals surface area contributed by atoms with Crippen molar-refractivity contribution in [2.24, 2.45) is 0 Å². The van der Waals surface area contributed by atoms with E-state index in [-0.39, 0.29) is 11.9 Å². The number of hydrogen-bond acceptors (Lipinski definition) is 3. The minimum atomic E-state index is -0.257. The van der Waals surface area contributed by atoms with Gasteiger partial charge in [0.05, 0.1) is 6.61 Å². The van der Waals surface area contributed by atoms with Crippen molar-refractivity contribution in [3.8, 4) is 12.3 Å². The molecule has 72 valence electrons. The standard InChI is InChI=1S/C10H15NO2/c1-3-4-5-9(12)10-8-11(2)6-7-13-10/h1,10H,4-8H2,2H3. The van der Waals surface area contributed by atoms with E-state index in [0.29, 0.717) is 26.0 Å². The summed E-state index contributed by atoms with van der Waals surface area (Å²) in [6.45, 7) is 2.24. The van der Waals surface area contributed by atoms with E-state index in [9.17, 15) is 4.79 Å². The topological polar surface area (TPSA) is 29.5 Å². The van der Waals surface area contributed by atoms with Crippen molar-refractivity contribution in [1.29, 1.82) is 0 Å². The Morgan fingerprint density at radius 1 is 1.77 bits per heavy atom. The summed E-state index contributed by atoms with van der Waals surface area (Å²) < 4.78 is 5.35. The van der Waals surface area contributed by atoms with Crippen molar-refractivity contribution in [3.63, 3.8) is 0 Å². The maximum Gasteiger partial charge on any atom is 0.163 e. The van der Waals surface area contributed by atoms with Crippen molar-refractivity contribution < 1.29 is 9.53 Å². The molecule has 3 nitrogen and oxygen atoms in total. The van der Waals surface area contributed by atoms with Crippen LogP contribution in [0, 0.1) is 12.3 Å². The van der Waals surface area contributed by atoms with Gasteiger partial charge in [-0.3, -0.25) is 4.79 Å². The highest BCUT2D eigenvalue weighted by Gasteiger charge is 2.23. The molecule has 0 bridgehead atoms. The van der Waals surface area contributed by atoms with Crippen LogP contribution in [0.15, 0.2) is 0 Å². The fourth-order valence-electron chi connectivity index (χ4n) is 1.33. The zero-order chi connectivity index (χ0) is 9.68. The summed E-state index contributed by atoms with van der Waals surface area (Å²) >= 11 is 0. The van der Waals surface area contributed by atoms with Crippen LogP contribution in [-0.4, -0.2) is 43.5 Å². The predicted octanol–water partition coefficient (Wildman–Crippen LogP) is 0.299. The lowest BCUT2D eigenvalue weighted by Gasteiger charge is -2.28. The number of likely N-dealkylation sites (N-methyl/N-ethyl adjacent to an activating group) is 1. The van der Waals surface area contributed by atoms with E-state index >= 15 is 0 Å². The molecule has 1 heterocycles. The summed E-state index contributed by atoms with van der Waals surface area (Å²) in [4.78, 5) is 13.6. The Morgan fingerprint density at radius 3 is 3.15 bits per heavy atom. The van der Waals surface area contributed by atoms with Gasteiger partial charge < -0.3 is 9.64 Å². The molecular weight excluding hydrogens is 166 g/mol. The van der Waals surface area contributed by atoms with Crippen LogP contribution in [0.25, 0.3) is 0 Å². The number of carbonyl (C=O) groups excluding carboxylic acids is 1. The number of hydrogen-bond donors (Lipinski definition) is 0. The maximum atomic E-state index is 11.5. The highest BCUT2D eigenvalue weighted by Crippen LogP contribution is 2.06. The van der Waals surface area contributed by atoms with E-state index in [4.69, 9.17) is 11.2 Å². The van der Waals surface area contributed by atoms with E-state index < -0.39 is 0 Å². The molecule has 1 unspecified atom stereocenters. The Hall–Kier alpha value is -0.850. The third-order valence-corrected chi connectivity index (χ3v) is 2.14. The van der Waals surface area contributed by atoms with Gasteiger partial charge in [-0.2, -0.15) is 0 Å². The molecule has 1 atom stereocenters. The Kier molecular flexibility index (Phi) is 3.94. The molecule has 0 saturated carbocycles. The van der Waals surface area contributed by atoms with Gasteiger partial charge in [-0.25, -0.2) is 0 Å². The summed E-state index contributed by atoms with van der Waals surface area (Å²) in [5.41, 5.74) is 0. The second kappa shape index (κ2) is 5.00. The number of Topliss-reactive ketones (excluding diaryl/α,β-unsaturated/α-hetero) is 1. The number of rotatable bonds is 3. The van der Waals surface area contributed by atoms with Crippen LogP contribution < -0.4 is 0 Å². The summed E-state index contributed by atoms with van der Waals surface area (Å²) in [5, 5.41) is 0. The molecule has 1 aliphatic rings. The van der Waals surface area contributed by atoms with Gasteiger partial charge in [-0.1, -0.05) is 0 Å². The van der Waals surface area contributed by atoms with Crippen molar-refractivity contribution in [3.05, 3.63) is 0 Å². The highest BCUT2D eigenvalue weighted by atomic mass is 16.5. The Morgan fingerprint density at radius 2 is 2.54 bits per heavy atom. The molecule has 1 fully saturated rings. The maximum absolute atomic E-state index is 11.5. The molecule has 3 heteroatoms. The molecule has 0 amide bonds. The van der Waals surface area contributed by atoms with E-state index in [1.165, 1.54) is 0 Å². The highest BCUT2D eigenvalue weighted by molar-refractivity contribution is 5.83. The van der Waals surface area contributed by atoms with Crippen LogP contribution in [0.2, 0.25) is 0 Å². The summed E-state index contributed by atoms with van der Waals surface area (Å²) in [5.74, 6) is 2.59. The van der Waals surface area contributed by atoms with Crippen molar-refractivity contribution in [2.75, 3.05) is 26.7 Å². The first-order valence-electron chi connectivity index (χ1n) is 4.50. The first-order valence-corrected chi connectivity index (χ1v) is 4.50. The third-order valence-electron chi connectivity index (χ3n) is 2.14. The molecule has 0 aromatic heterocycles. The minimum Gasteiger partial charge on any atom is -0.368 e. The molecule has 1 saturated heterocycles. The Labute approximate surface area is 79.1 Å². The van der Waals surface area contributed by atoms with E-state index in [0.717, 1.165) is 6.54 Å². The van der Waals surface area contributed by atoms with Crippen molar-refractivity contribution in [1.82, 2.24) is 4.90 Å². The molecular formula is C10H15NO2. The van der Waals surface area contributed by atoms with Gasteiger partial charge in [0.1, 0.15) is 6.10 Å². The van der Waals surface area contributed by atoms with E-state index in [2.05, 4.69) is 10.8 Å². The fraction of sp³-hybridized carbons (Fsp3) is 0.700. The average Bonchev–Trinajstić information content (AvgIpc) is 2.14. The monoisotopic (exact) mass is 181 g/mol. The smallest absolute Gasteiger partial charge is 0.163 e. The van der Waals surface area contributed by atoms with Crippen LogP contribution in [-0.2, 0) is 9.53 Å². The van der Waals surface area contributed by atoms with Gasteiger partial charge in [0.2, 0.25) is 0 Å². The molecule has 1 aliphatic heterocycles. The molecule has 0 aliphatic carbocycles. The molecule has 0 aromatic rings. The number of terminal acetylenes is 1. The lowest BCUT2D eigenvalue weighted by Crippen LogP contribution is -2.44. The van der Waals surface area contributed by atoms with Gasteiger partial charge in [-0.05, 0) is 7.05 Å². The zero-order valence-electron chi connectivity index (χ0n) is 7.95. The van der Waals surface area contributed by atoms with Gasteiger partial charge in [0, 0.05) is 25.9 Å². The lowest BCUT2D eigenvalue weighted by molar-refractivity contribution is -0.135. The Balaban J connectivity index is 2.33. The zero-order valence-corrected chi connectivity index (χ0v) is 7.95. The predicted molar refractivity (Wildman–Crippen MR) is 50.3 cm³/mol. The largest absolute Gasteiger partial charge is 0.368 e. The number of ketones is 1. The number of morpholine rings is 1. The van der Waals surface area contributed by atoms with Crippen LogP contribution in [0.1, 0.15) is 12.8 Å². The van der Waals surface area contributed by atoms with Gasteiger partial charge in [0.15, 0.2) is 5.78 Å². The van der Waals surface area contributed by atoms with Crippen LogP contribution in [0.4, 0.5) is 0 Å². The van der Waals surface area contributed by atoms with Crippen LogP contribution >= 0.6 is 0 Å². The number of nitrogens with zero attached hydrogens (tertiary/aromatic N) is 1. The first kappa shape index (κ1) is 10.2. The SMILES string of the molecule is C#CCCC(=O)C1CN(C)CCO1. The van der Waals surface area contributed by atoms with Crippen LogP contribution in [0.3, 0.4) is 0 Å². The second-order valence-corrected chi connectivity index (χ2v) is 3.29. The van der Waals surface area contributed by atoms with Gasteiger partial charge >= 0.3 is 0 Å². The molecule has 1 rings (SSSR count). The molecule has 0 spiro atoms.